The second-order valence-electron chi connectivity index (χ2n) is 3.64. The van der Waals surface area contributed by atoms with Gasteiger partial charge in [0.2, 0.25) is 0 Å². The number of hydrogen-bond acceptors (Lipinski definition) is 2. The van der Waals surface area contributed by atoms with Crippen molar-refractivity contribution in [2.75, 3.05) is 19.6 Å². The van der Waals surface area contributed by atoms with Gasteiger partial charge in [-0.05, 0) is 13.8 Å². The van der Waals surface area contributed by atoms with Gasteiger partial charge in [0.15, 0.2) is 0 Å². The maximum Gasteiger partial charge on any atom is 0.401 e. The van der Waals surface area contributed by atoms with E-state index in [0.29, 0.717) is 13.1 Å². The summed E-state index contributed by atoms with van der Waals surface area (Å²) in [5.74, 6) is 0. The topological polar surface area (TPSA) is 15.3 Å². The van der Waals surface area contributed by atoms with Gasteiger partial charge in [-0.1, -0.05) is 0 Å². The Kier molecular flexibility index (Phi) is 3.18. The Morgan fingerprint density at radius 1 is 1.23 bits per heavy atom. The van der Waals surface area contributed by atoms with Crippen LogP contribution in [-0.4, -0.2) is 42.8 Å². The molecule has 2 atom stereocenters. The second-order valence-corrected chi connectivity index (χ2v) is 3.64. The molecular weight excluding hydrogens is 181 g/mol. The van der Waals surface area contributed by atoms with Crippen LogP contribution in [0, 0.1) is 0 Å². The van der Waals surface area contributed by atoms with Crippen molar-refractivity contribution >= 4 is 0 Å². The van der Waals surface area contributed by atoms with Gasteiger partial charge < -0.3 is 5.32 Å². The molecule has 0 aliphatic carbocycles. The molecule has 1 rings (SSSR count). The fraction of sp³-hybridized carbons (Fsp3) is 1.00. The third kappa shape index (κ3) is 3.15. The first-order valence-electron chi connectivity index (χ1n) is 4.43. The molecule has 0 aromatic heterocycles. The predicted octanol–water partition coefficient (Wildman–Crippen LogP) is 1.23. The van der Waals surface area contributed by atoms with Gasteiger partial charge in [0.1, 0.15) is 0 Å². The minimum absolute atomic E-state index is 0.0367. The molecule has 0 saturated carbocycles. The first kappa shape index (κ1) is 10.8. The highest BCUT2D eigenvalue weighted by Crippen LogP contribution is 2.20. The molecule has 2 nitrogen and oxygen atoms in total. The average molecular weight is 196 g/mol. The third-order valence-corrected chi connectivity index (χ3v) is 2.37. The summed E-state index contributed by atoms with van der Waals surface area (Å²) < 4.78 is 36.4. The number of nitrogens with one attached hydrogen (secondary N) is 1. The Labute approximate surface area is 76.1 Å². The molecule has 0 aromatic carbocycles. The normalized spacial score (nSPS) is 32.1. The Morgan fingerprint density at radius 3 is 2.08 bits per heavy atom. The smallest absolute Gasteiger partial charge is 0.314 e. The van der Waals surface area contributed by atoms with Crippen molar-refractivity contribution in [3.8, 4) is 0 Å². The van der Waals surface area contributed by atoms with E-state index in [2.05, 4.69) is 5.32 Å². The van der Waals surface area contributed by atoms with E-state index in [0.717, 1.165) is 0 Å². The standard InChI is InChI=1S/C8H15F3N2/c1-6-3-12-4-7(2)13(6)5-8(9,10)11/h6-7,12H,3-5H2,1-2H3/t6-,7+. The van der Waals surface area contributed by atoms with Crippen LogP contribution in [0.3, 0.4) is 0 Å². The van der Waals surface area contributed by atoms with E-state index in [1.54, 1.807) is 0 Å². The number of hydrogen-bond donors (Lipinski definition) is 1. The van der Waals surface area contributed by atoms with Crippen molar-refractivity contribution in [2.45, 2.75) is 32.1 Å². The van der Waals surface area contributed by atoms with Crippen molar-refractivity contribution in [1.82, 2.24) is 10.2 Å². The van der Waals surface area contributed by atoms with Crippen molar-refractivity contribution in [3.63, 3.8) is 0 Å². The zero-order chi connectivity index (χ0) is 10.1. The highest BCUT2D eigenvalue weighted by atomic mass is 19.4. The number of alkyl halides is 3. The minimum Gasteiger partial charge on any atom is -0.314 e. The van der Waals surface area contributed by atoms with Crippen molar-refractivity contribution in [2.24, 2.45) is 0 Å². The van der Waals surface area contributed by atoms with Crippen LogP contribution in [0.4, 0.5) is 13.2 Å². The van der Waals surface area contributed by atoms with Crippen LogP contribution in [0.25, 0.3) is 0 Å². The lowest BCUT2D eigenvalue weighted by atomic mass is 10.1. The molecule has 1 fully saturated rings. The summed E-state index contributed by atoms with van der Waals surface area (Å²) in [4.78, 5) is 1.50. The van der Waals surface area contributed by atoms with E-state index in [4.69, 9.17) is 0 Å². The van der Waals surface area contributed by atoms with Crippen LogP contribution in [-0.2, 0) is 0 Å². The van der Waals surface area contributed by atoms with Crippen molar-refractivity contribution in [1.29, 1.82) is 0 Å². The quantitative estimate of drug-likeness (QED) is 0.678. The van der Waals surface area contributed by atoms with Crippen LogP contribution >= 0.6 is 0 Å². The van der Waals surface area contributed by atoms with Gasteiger partial charge in [-0.2, -0.15) is 13.2 Å². The second kappa shape index (κ2) is 3.84. The Balaban J connectivity index is 2.54. The molecule has 5 heteroatoms. The van der Waals surface area contributed by atoms with Gasteiger partial charge in [0.25, 0.3) is 0 Å². The van der Waals surface area contributed by atoms with Crippen LogP contribution in [0.5, 0.6) is 0 Å². The molecule has 1 saturated heterocycles. The molecule has 1 aliphatic rings. The summed E-state index contributed by atoms with van der Waals surface area (Å²) in [5, 5.41) is 3.09. The Bertz CT molecular complexity index is 159. The summed E-state index contributed by atoms with van der Waals surface area (Å²) in [6.45, 7) is 4.11. The van der Waals surface area contributed by atoms with Gasteiger partial charge >= 0.3 is 6.18 Å². The molecule has 0 radical (unpaired) electrons. The SMILES string of the molecule is C[C@@H]1CNC[C@H](C)N1CC(F)(F)F. The van der Waals surface area contributed by atoms with E-state index >= 15 is 0 Å². The van der Waals surface area contributed by atoms with Crippen LogP contribution < -0.4 is 5.32 Å². The maximum atomic E-state index is 12.1. The molecule has 13 heavy (non-hydrogen) atoms. The Hall–Kier alpha value is -0.290. The minimum atomic E-state index is -4.08. The van der Waals surface area contributed by atoms with Gasteiger partial charge in [-0.25, -0.2) is 0 Å². The van der Waals surface area contributed by atoms with Crippen molar-refractivity contribution in [3.05, 3.63) is 0 Å². The molecule has 0 spiro atoms. The number of halogens is 3. The molecule has 0 amide bonds. The fourth-order valence-corrected chi connectivity index (χ4v) is 1.69. The summed E-state index contributed by atoms with van der Waals surface area (Å²) >= 11 is 0. The first-order chi connectivity index (χ1) is 5.90. The molecule has 78 valence electrons. The third-order valence-electron chi connectivity index (χ3n) is 2.37. The van der Waals surface area contributed by atoms with Gasteiger partial charge in [0.05, 0.1) is 6.54 Å². The summed E-state index contributed by atoms with van der Waals surface area (Å²) in [6, 6.07) is -0.0734. The lowest BCUT2D eigenvalue weighted by Gasteiger charge is -2.39. The van der Waals surface area contributed by atoms with Gasteiger partial charge in [-0.15, -0.1) is 0 Å². The van der Waals surface area contributed by atoms with E-state index in [9.17, 15) is 13.2 Å². The number of rotatable bonds is 1. The van der Waals surface area contributed by atoms with Crippen LogP contribution in [0.2, 0.25) is 0 Å². The number of nitrogens with zero attached hydrogens (tertiary/aromatic N) is 1. The lowest BCUT2D eigenvalue weighted by molar-refractivity contribution is -0.157. The largest absolute Gasteiger partial charge is 0.401 e. The zero-order valence-corrected chi connectivity index (χ0v) is 7.86. The molecule has 1 aliphatic heterocycles. The summed E-state index contributed by atoms with van der Waals surface area (Å²) in [6.07, 6.45) is -4.08. The van der Waals surface area contributed by atoms with E-state index < -0.39 is 12.7 Å². The highest BCUT2D eigenvalue weighted by molar-refractivity contribution is 4.83. The monoisotopic (exact) mass is 196 g/mol. The first-order valence-corrected chi connectivity index (χ1v) is 4.43. The van der Waals surface area contributed by atoms with E-state index in [1.165, 1.54) is 4.90 Å². The van der Waals surface area contributed by atoms with Crippen LogP contribution in [0.1, 0.15) is 13.8 Å². The van der Waals surface area contributed by atoms with Gasteiger partial charge in [0, 0.05) is 25.2 Å². The number of piperazine rings is 1. The molecule has 1 heterocycles. The highest BCUT2D eigenvalue weighted by Gasteiger charge is 2.36. The molecule has 0 unspecified atom stereocenters. The Morgan fingerprint density at radius 2 is 1.69 bits per heavy atom. The summed E-state index contributed by atoms with van der Waals surface area (Å²) in [5.41, 5.74) is 0. The van der Waals surface area contributed by atoms with Gasteiger partial charge in [-0.3, -0.25) is 4.90 Å². The molecule has 0 aromatic rings. The molecular formula is C8H15F3N2. The van der Waals surface area contributed by atoms with E-state index in [1.807, 2.05) is 13.8 Å². The maximum absolute atomic E-state index is 12.1. The lowest BCUT2D eigenvalue weighted by Crippen LogP contribution is -2.57. The predicted molar refractivity (Wildman–Crippen MR) is 44.6 cm³/mol. The fourth-order valence-electron chi connectivity index (χ4n) is 1.69. The van der Waals surface area contributed by atoms with E-state index in [-0.39, 0.29) is 12.1 Å². The molecule has 1 N–H and O–H groups in total. The summed E-state index contributed by atoms with van der Waals surface area (Å²) in [7, 11) is 0. The zero-order valence-electron chi connectivity index (χ0n) is 7.86. The van der Waals surface area contributed by atoms with Crippen molar-refractivity contribution < 1.29 is 13.2 Å². The molecule has 0 bridgehead atoms. The average Bonchev–Trinajstić information content (AvgIpc) is 1.95. The van der Waals surface area contributed by atoms with Crippen LogP contribution in [0.15, 0.2) is 0 Å².